The largest absolute Gasteiger partial charge is 0.391 e. The second-order valence-electron chi connectivity index (χ2n) is 10.2. The summed E-state index contributed by atoms with van der Waals surface area (Å²) in [5.74, 6) is -0.344. The van der Waals surface area contributed by atoms with Crippen molar-refractivity contribution in [2.75, 3.05) is 13.1 Å². The Bertz CT molecular complexity index is 1290. The lowest BCUT2D eigenvalue weighted by Crippen LogP contribution is -2.70. The lowest BCUT2D eigenvalue weighted by atomic mass is 9.94. The van der Waals surface area contributed by atoms with Gasteiger partial charge in [0.25, 0.3) is 11.8 Å². The van der Waals surface area contributed by atoms with Gasteiger partial charge in [-0.05, 0) is 37.8 Å². The highest BCUT2D eigenvalue weighted by Gasteiger charge is 2.50. The average Bonchev–Trinajstić information content (AvgIpc) is 3.36. The molecule has 0 spiro atoms. The number of amides is 4. The van der Waals surface area contributed by atoms with E-state index in [1.165, 1.54) is 0 Å². The van der Waals surface area contributed by atoms with Crippen molar-refractivity contribution < 1.29 is 19.5 Å². The summed E-state index contributed by atoms with van der Waals surface area (Å²) in [7, 11) is 0. The van der Waals surface area contributed by atoms with E-state index < -0.39 is 35.7 Å². The van der Waals surface area contributed by atoms with Crippen molar-refractivity contribution in [1.82, 2.24) is 31.2 Å². The first-order chi connectivity index (χ1) is 18.3. The highest BCUT2D eigenvalue weighted by Crippen LogP contribution is 2.33. The van der Waals surface area contributed by atoms with E-state index >= 15 is 0 Å². The molecule has 38 heavy (non-hydrogen) atoms. The van der Waals surface area contributed by atoms with Crippen molar-refractivity contribution in [3.05, 3.63) is 47.7 Å². The van der Waals surface area contributed by atoms with Crippen LogP contribution in [0.4, 0.5) is 4.79 Å². The number of carbonyl (C=O) groups is 3. The number of hydrazone groups is 1. The number of aliphatic hydroxyl groups is 1. The normalized spacial score (nSPS) is 32.3. The maximum absolute atomic E-state index is 13.6. The van der Waals surface area contributed by atoms with Crippen LogP contribution in [-0.4, -0.2) is 81.9 Å². The molecule has 5 aliphatic rings. The standard InChI is InChI=1S/C25H29N9O4/c1-25-15(11-18-20(36)30-24(38)28-18)12-26-34(25)23(27-16-7-8-16)31-22(32-25)29-19(14-5-3-2-4-6-14)21(37)33-10-9-17(35)13-33/h2-6,11-12,15-17,19,35H,7-10,13H2,1H3,(H2,27,29,31,32)(H2,28,30,36,38)/b18-11-/t15?,17-,19-,25?/m0/s1. The molecule has 6 rings (SSSR count). The zero-order valence-corrected chi connectivity index (χ0v) is 20.8. The molecule has 4 heterocycles. The van der Waals surface area contributed by atoms with Gasteiger partial charge in [-0.25, -0.2) is 19.8 Å². The van der Waals surface area contributed by atoms with E-state index in [1.807, 2.05) is 37.3 Å². The predicted molar refractivity (Wildman–Crippen MR) is 138 cm³/mol. The molecule has 3 saturated heterocycles. The van der Waals surface area contributed by atoms with Crippen molar-refractivity contribution in [3.8, 4) is 0 Å². The van der Waals surface area contributed by atoms with Crippen LogP contribution in [0.5, 0.6) is 0 Å². The molecule has 4 aliphatic heterocycles. The summed E-state index contributed by atoms with van der Waals surface area (Å²) in [6.07, 6.45) is 5.25. The van der Waals surface area contributed by atoms with Crippen molar-refractivity contribution in [1.29, 1.82) is 0 Å². The van der Waals surface area contributed by atoms with Crippen LogP contribution in [0.15, 0.2) is 57.2 Å². The Labute approximate surface area is 218 Å². The smallest absolute Gasteiger partial charge is 0.326 e. The molecule has 0 aromatic heterocycles. The number of urea groups is 1. The van der Waals surface area contributed by atoms with Crippen molar-refractivity contribution in [3.63, 3.8) is 0 Å². The number of guanidine groups is 2. The number of hydrogen-bond acceptors (Lipinski definition) is 7. The van der Waals surface area contributed by atoms with E-state index in [1.54, 1.807) is 22.2 Å². The van der Waals surface area contributed by atoms with Crippen LogP contribution in [0.25, 0.3) is 0 Å². The summed E-state index contributed by atoms with van der Waals surface area (Å²) < 4.78 is 0. The van der Waals surface area contributed by atoms with Crippen LogP contribution in [0.2, 0.25) is 0 Å². The van der Waals surface area contributed by atoms with E-state index in [0.717, 1.165) is 18.4 Å². The number of rotatable bonds is 5. The Morgan fingerprint density at radius 1 is 1.18 bits per heavy atom. The third kappa shape index (κ3) is 4.49. The number of fused-ring (bicyclic) bond motifs is 1. The van der Waals surface area contributed by atoms with Crippen LogP contribution < -0.4 is 21.3 Å². The fourth-order valence-corrected chi connectivity index (χ4v) is 4.95. The van der Waals surface area contributed by atoms with E-state index in [0.29, 0.717) is 24.9 Å². The first-order valence-corrected chi connectivity index (χ1v) is 12.7. The molecule has 13 heteroatoms. The molecule has 1 aromatic rings. The zero-order valence-electron chi connectivity index (χ0n) is 20.8. The second-order valence-corrected chi connectivity index (χ2v) is 10.2. The van der Waals surface area contributed by atoms with Gasteiger partial charge in [-0.15, -0.1) is 0 Å². The van der Waals surface area contributed by atoms with Crippen LogP contribution in [0, 0.1) is 5.92 Å². The van der Waals surface area contributed by atoms with Crippen molar-refractivity contribution >= 4 is 36.0 Å². The van der Waals surface area contributed by atoms with Gasteiger partial charge < -0.3 is 20.6 Å². The molecule has 4 atom stereocenters. The van der Waals surface area contributed by atoms with Crippen LogP contribution in [0.3, 0.4) is 0 Å². The lowest BCUT2D eigenvalue weighted by molar-refractivity contribution is -0.132. The average molecular weight is 520 g/mol. The number of nitrogens with zero attached hydrogens (tertiary/aromatic N) is 5. The maximum Gasteiger partial charge on any atom is 0.326 e. The quantitative estimate of drug-likeness (QED) is 0.264. The third-order valence-electron chi connectivity index (χ3n) is 7.23. The summed E-state index contributed by atoms with van der Waals surface area (Å²) in [5.41, 5.74) is -0.0686. The summed E-state index contributed by atoms with van der Waals surface area (Å²) in [5, 5.41) is 27.6. The van der Waals surface area contributed by atoms with Crippen LogP contribution >= 0.6 is 0 Å². The van der Waals surface area contributed by atoms with Crippen LogP contribution in [0.1, 0.15) is 37.8 Å². The van der Waals surface area contributed by atoms with E-state index in [2.05, 4.69) is 26.4 Å². The van der Waals surface area contributed by atoms with Gasteiger partial charge in [-0.2, -0.15) is 5.10 Å². The number of imide groups is 1. The van der Waals surface area contributed by atoms with Gasteiger partial charge in [0.1, 0.15) is 11.4 Å². The molecule has 5 N–H and O–H groups in total. The summed E-state index contributed by atoms with van der Waals surface area (Å²) in [4.78, 5) is 48.7. The Morgan fingerprint density at radius 3 is 2.63 bits per heavy atom. The third-order valence-corrected chi connectivity index (χ3v) is 7.23. The molecule has 1 aromatic carbocycles. The Kier molecular flexibility index (Phi) is 5.86. The Balaban J connectivity index is 1.36. The molecule has 1 aliphatic carbocycles. The first kappa shape index (κ1) is 24.1. The highest BCUT2D eigenvalue weighted by molar-refractivity contribution is 6.12. The second kappa shape index (κ2) is 9.24. The van der Waals surface area contributed by atoms with E-state index in [9.17, 15) is 19.5 Å². The molecule has 4 fully saturated rings. The minimum absolute atomic E-state index is 0.138. The number of nitrogens with one attached hydrogen (secondary N) is 4. The number of likely N-dealkylation sites (tertiary alicyclic amines) is 1. The Hall–Kier alpha value is -4.26. The predicted octanol–water partition coefficient (Wildman–Crippen LogP) is -0.255. The number of benzene rings is 1. The molecule has 0 radical (unpaired) electrons. The summed E-state index contributed by atoms with van der Waals surface area (Å²) in [6.45, 7) is 2.63. The number of aliphatic hydroxyl groups excluding tert-OH is 1. The van der Waals surface area contributed by atoms with E-state index in [4.69, 9.17) is 9.98 Å². The minimum atomic E-state index is -0.924. The summed E-state index contributed by atoms with van der Waals surface area (Å²) >= 11 is 0. The van der Waals surface area contributed by atoms with Gasteiger partial charge in [0.15, 0.2) is 6.04 Å². The fourth-order valence-electron chi connectivity index (χ4n) is 4.95. The molecule has 198 valence electrons. The monoisotopic (exact) mass is 519 g/mol. The van der Waals surface area contributed by atoms with Crippen molar-refractivity contribution in [2.45, 2.75) is 50.0 Å². The van der Waals surface area contributed by atoms with Crippen LogP contribution in [-0.2, 0) is 9.59 Å². The molecular formula is C25H29N9O4. The number of hydrogen-bond donors (Lipinski definition) is 5. The van der Waals surface area contributed by atoms with Crippen molar-refractivity contribution in [2.24, 2.45) is 21.0 Å². The fraction of sp³-hybridized carbons (Fsp3) is 0.440. The topological polar surface area (TPSA) is 163 Å². The van der Waals surface area contributed by atoms with Gasteiger partial charge >= 0.3 is 6.03 Å². The Morgan fingerprint density at radius 2 is 1.97 bits per heavy atom. The molecule has 13 nitrogen and oxygen atoms in total. The minimum Gasteiger partial charge on any atom is -0.391 e. The molecule has 2 unspecified atom stereocenters. The van der Waals surface area contributed by atoms with Gasteiger partial charge in [0.05, 0.1) is 18.1 Å². The van der Waals surface area contributed by atoms with Gasteiger partial charge in [0, 0.05) is 19.3 Å². The lowest BCUT2D eigenvalue weighted by Gasteiger charge is -2.44. The highest BCUT2D eigenvalue weighted by atomic mass is 16.3. The maximum atomic E-state index is 13.6. The van der Waals surface area contributed by atoms with Gasteiger partial charge in [-0.1, -0.05) is 30.3 Å². The number of β-amino-alcohol motifs (C(OH)–C–C–N with tert-alkyl or cyclic N) is 1. The summed E-state index contributed by atoms with van der Waals surface area (Å²) in [6, 6.07) is 8.02. The molecule has 4 amide bonds. The number of carbonyl (C=O) groups excluding carboxylic acids is 3. The van der Waals surface area contributed by atoms with Gasteiger partial charge in [0.2, 0.25) is 11.9 Å². The molecule has 1 saturated carbocycles. The SMILES string of the molecule is CC12NC(=N[C@H](C(=O)N3CC[C@H](O)C3)c3ccccc3)NC(=NC3CC3)N1N=CC2/C=C1\NC(=O)NC1=O. The van der Waals surface area contributed by atoms with Gasteiger partial charge in [-0.3, -0.25) is 20.2 Å². The zero-order chi connectivity index (χ0) is 26.4. The first-order valence-electron chi connectivity index (χ1n) is 12.7. The van der Waals surface area contributed by atoms with E-state index in [-0.39, 0.29) is 24.2 Å². The molecule has 0 bridgehead atoms. The molecular weight excluding hydrogens is 490 g/mol. The number of aliphatic imine (C=N–C) groups is 2.